The summed E-state index contributed by atoms with van der Waals surface area (Å²) in [5, 5.41) is 2.85. The lowest BCUT2D eigenvalue weighted by atomic mass is 10.00. The molecule has 2 aromatic carbocycles. The lowest BCUT2D eigenvalue weighted by Gasteiger charge is -2.15. The van der Waals surface area contributed by atoms with Gasteiger partial charge in [-0.05, 0) is 43.4 Å². The summed E-state index contributed by atoms with van der Waals surface area (Å²) in [4.78, 5) is 24.4. The zero-order chi connectivity index (χ0) is 16.9. The van der Waals surface area contributed by atoms with Crippen LogP contribution in [0.15, 0.2) is 54.6 Å². The first kappa shape index (κ1) is 16.2. The molecular weight excluding hydrogens is 302 g/mol. The first-order valence-electron chi connectivity index (χ1n) is 8.26. The van der Waals surface area contributed by atoms with Crippen molar-refractivity contribution in [1.29, 1.82) is 0 Å². The summed E-state index contributed by atoms with van der Waals surface area (Å²) in [6.07, 6.45) is 1.87. The van der Waals surface area contributed by atoms with Gasteiger partial charge in [0, 0.05) is 6.04 Å². The lowest BCUT2D eigenvalue weighted by molar-refractivity contribution is -0.129. The van der Waals surface area contributed by atoms with Crippen molar-refractivity contribution in [2.45, 2.75) is 38.3 Å². The fourth-order valence-electron chi connectivity index (χ4n) is 2.51. The monoisotopic (exact) mass is 323 g/mol. The molecule has 2 aromatic rings. The molecule has 0 heterocycles. The standard InChI is InChI=1S/C20H21NO3/c1-14(19(22)21-17-11-12-17)24-20(23)18-10-6-5-9-16(18)13-15-7-3-2-4-8-15/h2-10,14,17H,11-13H2,1H3,(H,21,22)/t14-/m1/s1. The van der Waals surface area contributed by atoms with Gasteiger partial charge in [0.15, 0.2) is 6.10 Å². The quantitative estimate of drug-likeness (QED) is 0.831. The van der Waals surface area contributed by atoms with E-state index < -0.39 is 12.1 Å². The van der Waals surface area contributed by atoms with Gasteiger partial charge in [0.25, 0.3) is 5.91 Å². The molecule has 4 heteroatoms. The Balaban J connectivity index is 1.69. The van der Waals surface area contributed by atoms with Crippen LogP contribution >= 0.6 is 0 Å². The Bertz CT molecular complexity index is 723. The molecule has 124 valence electrons. The van der Waals surface area contributed by atoms with Gasteiger partial charge in [0.2, 0.25) is 0 Å². The number of esters is 1. The van der Waals surface area contributed by atoms with Gasteiger partial charge in [-0.25, -0.2) is 4.79 Å². The van der Waals surface area contributed by atoms with Crippen LogP contribution in [0.3, 0.4) is 0 Å². The van der Waals surface area contributed by atoms with Gasteiger partial charge in [-0.2, -0.15) is 0 Å². The zero-order valence-electron chi connectivity index (χ0n) is 13.7. The van der Waals surface area contributed by atoms with E-state index in [-0.39, 0.29) is 11.9 Å². The van der Waals surface area contributed by atoms with Gasteiger partial charge in [0.1, 0.15) is 0 Å². The normalized spacial score (nSPS) is 14.7. The molecule has 0 unspecified atom stereocenters. The molecule has 0 aromatic heterocycles. The maximum absolute atomic E-state index is 12.5. The van der Waals surface area contributed by atoms with Gasteiger partial charge in [-0.15, -0.1) is 0 Å². The largest absolute Gasteiger partial charge is 0.449 e. The maximum Gasteiger partial charge on any atom is 0.339 e. The van der Waals surface area contributed by atoms with E-state index in [1.165, 1.54) is 0 Å². The minimum atomic E-state index is -0.789. The van der Waals surface area contributed by atoms with Gasteiger partial charge in [-0.3, -0.25) is 4.79 Å². The zero-order valence-corrected chi connectivity index (χ0v) is 13.7. The molecule has 1 atom stereocenters. The fourth-order valence-corrected chi connectivity index (χ4v) is 2.51. The van der Waals surface area contributed by atoms with Crippen molar-refractivity contribution in [3.8, 4) is 0 Å². The molecule has 1 aliphatic rings. The van der Waals surface area contributed by atoms with Crippen molar-refractivity contribution in [2.24, 2.45) is 0 Å². The third kappa shape index (κ3) is 4.22. The van der Waals surface area contributed by atoms with E-state index in [0.29, 0.717) is 12.0 Å². The lowest BCUT2D eigenvalue weighted by Crippen LogP contribution is -2.37. The smallest absolute Gasteiger partial charge is 0.339 e. The van der Waals surface area contributed by atoms with E-state index in [2.05, 4.69) is 5.32 Å². The molecular formula is C20H21NO3. The Morgan fingerprint density at radius 1 is 1.08 bits per heavy atom. The highest BCUT2D eigenvalue weighted by Crippen LogP contribution is 2.19. The Labute approximate surface area is 141 Å². The second-order valence-electron chi connectivity index (χ2n) is 6.15. The molecule has 1 amide bonds. The van der Waals surface area contributed by atoms with Crippen LogP contribution < -0.4 is 5.32 Å². The summed E-state index contributed by atoms with van der Waals surface area (Å²) in [6, 6.07) is 17.6. The highest BCUT2D eigenvalue weighted by molar-refractivity contribution is 5.93. The minimum Gasteiger partial charge on any atom is -0.449 e. The summed E-state index contributed by atoms with van der Waals surface area (Å²) >= 11 is 0. The van der Waals surface area contributed by atoms with Crippen molar-refractivity contribution in [2.75, 3.05) is 0 Å². The Kier molecular flexibility index (Phi) is 4.94. The average molecular weight is 323 g/mol. The molecule has 24 heavy (non-hydrogen) atoms. The molecule has 1 fully saturated rings. The number of rotatable bonds is 6. The Morgan fingerprint density at radius 2 is 1.75 bits per heavy atom. The topological polar surface area (TPSA) is 55.4 Å². The molecule has 4 nitrogen and oxygen atoms in total. The number of nitrogens with one attached hydrogen (secondary N) is 1. The summed E-state index contributed by atoms with van der Waals surface area (Å²) < 4.78 is 5.35. The SMILES string of the molecule is C[C@@H](OC(=O)c1ccccc1Cc1ccccc1)C(=O)NC1CC1. The third-order valence-corrected chi connectivity index (χ3v) is 4.05. The first-order chi connectivity index (χ1) is 11.6. The predicted molar refractivity (Wildman–Crippen MR) is 91.7 cm³/mol. The van der Waals surface area contributed by atoms with Crippen LogP contribution in [-0.2, 0) is 16.0 Å². The predicted octanol–water partition coefficient (Wildman–Crippen LogP) is 3.10. The van der Waals surface area contributed by atoms with Crippen LogP contribution in [-0.4, -0.2) is 24.0 Å². The molecule has 0 saturated heterocycles. The van der Waals surface area contributed by atoms with Crippen LogP contribution in [0, 0.1) is 0 Å². The van der Waals surface area contributed by atoms with Crippen LogP contribution in [0.1, 0.15) is 41.3 Å². The van der Waals surface area contributed by atoms with E-state index in [1.54, 1.807) is 19.1 Å². The van der Waals surface area contributed by atoms with Crippen molar-refractivity contribution in [3.05, 3.63) is 71.3 Å². The van der Waals surface area contributed by atoms with E-state index >= 15 is 0 Å². The molecule has 1 saturated carbocycles. The Hall–Kier alpha value is -2.62. The molecule has 1 N–H and O–H groups in total. The highest BCUT2D eigenvalue weighted by Gasteiger charge is 2.27. The number of benzene rings is 2. The molecule has 0 aliphatic heterocycles. The van der Waals surface area contributed by atoms with Gasteiger partial charge in [0.05, 0.1) is 5.56 Å². The van der Waals surface area contributed by atoms with Gasteiger partial charge >= 0.3 is 5.97 Å². The molecule has 0 radical (unpaired) electrons. The molecule has 1 aliphatic carbocycles. The highest BCUT2D eigenvalue weighted by atomic mass is 16.5. The molecule has 3 rings (SSSR count). The van der Waals surface area contributed by atoms with Crippen molar-refractivity contribution < 1.29 is 14.3 Å². The van der Waals surface area contributed by atoms with Crippen LogP contribution in [0.2, 0.25) is 0 Å². The molecule has 0 spiro atoms. The number of ether oxygens (including phenoxy) is 1. The average Bonchev–Trinajstić information content (AvgIpc) is 3.40. The summed E-state index contributed by atoms with van der Waals surface area (Å²) in [7, 11) is 0. The van der Waals surface area contributed by atoms with E-state index in [0.717, 1.165) is 24.0 Å². The summed E-state index contributed by atoms with van der Waals surface area (Å²) in [5.41, 5.74) is 2.52. The van der Waals surface area contributed by atoms with E-state index in [9.17, 15) is 9.59 Å². The van der Waals surface area contributed by atoms with E-state index in [4.69, 9.17) is 4.74 Å². The second-order valence-corrected chi connectivity index (χ2v) is 6.15. The first-order valence-corrected chi connectivity index (χ1v) is 8.26. The number of carbonyl (C=O) groups excluding carboxylic acids is 2. The van der Waals surface area contributed by atoms with Gasteiger partial charge in [-0.1, -0.05) is 48.5 Å². The number of carbonyl (C=O) groups is 2. The molecule has 0 bridgehead atoms. The van der Waals surface area contributed by atoms with Crippen molar-refractivity contribution in [1.82, 2.24) is 5.32 Å². The van der Waals surface area contributed by atoms with Crippen molar-refractivity contribution >= 4 is 11.9 Å². The fraction of sp³-hybridized carbons (Fsp3) is 0.300. The van der Waals surface area contributed by atoms with Crippen LogP contribution in [0.25, 0.3) is 0 Å². The number of hydrogen-bond donors (Lipinski definition) is 1. The van der Waals surface area contributed by atoms with Crippen molar-refractivity contribution in [3.63, 3.8) is 0 Å². The number of amides is 1. The summed E-state index contributed by atoms with van der Waals surface area (Å²) in [5.74, 6) is -0.689. The Morgan fingerprint density at radius 3 is 2.46 bits per heavy atom. The third-order valence-electron chi connectivity index (χ3n) is 4.05. The van der Waals surface area contributed by atoms with Gasteiger partial charge < -0.3 is 10.1 Å². The second kappa shape index (κ2) is 7.30. The van der Waals surface area contributed by atoms with Crippen LogP contribution in [0.5, 0.6) is 0 Å². The minimum absolute atomic E-state index is 0.230. The number of hydrogen-bond acceptors (Lipinski definition) is 3. The maximum atomic E-state index is 12.5. The van der Waals surface area contributed by atoms with Crippen LogP contribution in [0.4, 0.5) is 0 Å². The summed E-state index contributed by atoms with van der Waals surface area (Å²) in [6.45, 7) is 1.61. The van der Waals surface area contributed by atoms with E-state index in [1.807, 2.05) is 42.5 Å².